The Bertz CT molecular complexity index is 515. The predicted molar refractivity (Wildman–Crippen MR) is 93.0 cm³/mol. The normalized spacial score (nSPS) is 31.0. The van der Waals surface area contributed by atoms with Gasteiger partial charge in [-0.15, -0.1) is 0 Å². The van der Waals surface area contributed by atoms with Gasteiger partial charge in [-0.25, -0.2) is 8.78 Å². The fourth-order valence-corrected chi connectivity index (χ4v) is 4.67. The predicted octanol–water partition coefficient (Wildman–Crippen LogP) is 6.37. The number of hydrogen-bond acceptors (Lipinski definition) is 1. The molecule has 0 amide bonds. The molecule has 1 nitrogen and oxygen atoms in total. The van der Waals surface area contributed by atoms with E-state index in [1.54, 1.807) is 0 Å². The molecule has 0 radical (unpaired) electrons. The van der Waals surface area contributed by atoms with Gasteiger partial charge in [0.05, 0.1) is 6.61 Å². The minimum Gasteiger partial charge on any atom is -0.493 e. The average Bonchev–Trinajstić information content (AvgIpc) is 2.63. The third-order valence-corrected chi connectivity index (χ3v) is 6.40. The van der Waals surface area contributed by atoms with Crippen LogP contribution in [-0.4, -0.2) is 6.61 Å². The van der Waals surface area contributed by atoms with Crippen molar-refractivity contribution >= 4 is 0 Å². The lowest BCUT2D eigenvalue weighted by atomic mass is 9.69. The maximum atomic E-state index is 13.2. The van der Waals surface area contributed by atoms with Crippen LogP contribution >= 0.6 is 0 Å². The topological polar surface area (TPSA) is 9.23 Å². The van der Waals surface area contributed by atoms with Crippen LogP contribution in [0.25, 0.3) is 0 Å². The summed E-state index contributed by atoms with van der Waals surface area (Å²) in [5, 5.41) is 0. The van der Waals surface area contributed by atoms with Crippen LogP contribution in [0.5, 0.6) is 5.75 Å². The molecule has 2 aliphatic rings. The summed E-state index contributed by atoms with van der Waals surface area (Å²) >= 11 is 0. The van der Waals surface area contributed by atoms with E-state index in [9.17, 15) is 8.78 Å². The molecule has 0 heterocycles. The summed E-state index contributed by atoms with van der Waals surface area (Å²) < 4.78 is 31.8. The summed E-state index contributed by atoms with van der Waals surface area (Å²) in [6, 6.07) is 3.79. The zero-order valence-electron chi connectivity index (χ0n) is 14.8. The van der Waals surface area contributed by atoms with Crippen molar-refractivity contribution in [1.82, 2.24) is 0 Å². The lowest BCUT2D eigenvalue weighted by molar-refractivity contribution is 0.123. The minimum atomic E-state index is -0.834. The SMILES string of the molecule is CC[C@H]1CC[C@H](C2CCC(COc3ccc(F)c(F)c3)CC2)CC1. The van der Waals surface area contributed by atoms with Gasteiger partial charge in [0.1, 0.15) is 5.75 Å². The van der Waals surface area contributed by atoms with Crippen molar-refractivity contribution in [3.8, 4) is 5.75 Å². The molecule has 2 saturated carbocycles. The first-order chi connectivity index (χ1) is 11.7. The Morgan fingerprint density at radius 2 is 1.42 bits per heavy atom. The molecule has 24 heavy (non-hydrogen) atoms. The first-order valence-electron chi connectivity index (χ1n) is 9.73. The molecule has 0 N–H and O–H groups in total. The summed E-state index contributed by atoms with van der Waals surface area (Å²) in [5.74, 6) is 2.17. The van der Waals surface area contributed by atoms with Crippen molar-refractivity contribution in [2.45, 2.75) is 64.7 Å². The van der Waals surface area contributed by atoms with Crippen LogP contribution in [0.15, 0.2) is 18.2 Å². The highest BCUT2D eigenvalue weighted by molar-refractivity contribution is 5.23. The molecule has 3 heteroatoms. The highest BCUT2D eigenvalue weighted by atomic mass is 19.2. The van der Waals surface area contributed by atoms with Gasteiger partial charge in [-0.2, -0.15) is 0 Å². The zero-order valence-corrected chi connectivity index (χ0v) is 14.8. The summed E-state index contributed by atoms with van der Waals surface area (Å²) in [7, 11) is 0. The van der Waals surface area contributed by atoms with E-state index in [1.165, 1.54) is 63.9 Å². The van der Waals surface area contributed by atoms with Gasteiger partial charge in [0.15, 0.2) is 11.6 Å². The van der Waals surface area contributed by atoms with E-state index in [-0.39, 0.29) is 0 Å². The monoisotopic (exact) mass is 336 g/mol. The second kappa shape index (κ2) is 8.31. The van der Waals surface area contributed by atoms with Gasteiger partial charge in [-0.1, -0.05) is 26.2 Å². The molecule has 1 aromatic rings. The number of ether oxygens (including phenoxy) is 1. The van der Waals surface area contributed by atoms with E-state index in [0.717, 1.165) is 29.9 Å². The standard InChI is InChI=1S/C21H30F2O/c1-2-15-3-7-17(8-4-15)18-9-5-16(6-10-18)14-24-19-11-12-20(22)21(23)13-19/h11-13,15-18H,2-10,14H2,1H3/t15-,16?,17-,18?. The smallest absolute Gasteiger partial charge is 0.162 e. The Balaban J connectivity index is 1.40. The maximum absolute atomic E-state index is 13.2. The van der Waals surface area contributed by atoms with Gasteiger partial charge in [-0.05, 0) is 74.3 Å². The van der Waals surface area contributed by atoms with E-state index >= 15 is 0 Å². The molecule has 0 atom stereocenters. The Hall–Kier alpha value is -1.12. The Morgan fingerprint density at radius 1 is 0.833 bits per heavy atom. The maximum Gasteiger partial charge on any atom is 0.162 e. The van der Waals surface area contributed by atoms with Crippen LogP contribution in [0.2, 0.25) is 0 Å². The van der Waals surface area contributed by atoms with E-state index < -0.39 is 11.6 Å². The molecule has 0 bridgehead atoms. The summed E-state index contributed by atoms with van der Waals surface area (Å²) in [5.41, 5.74) is 0. The van der Waals surface area contributed by atoms with Crippen LogP contribution in [0, 0.1) is 35.3 Å². The quantitative estimate of drug-likeness (QED) is 0.607. The van der Waals surface area contributed by atoms with E-state index in [1.807, 2.05) is 0 Å². The average molecular weight is 336 g/mol. The molecule has 0 aromatic heterocycles. The summed E-state index contributed by atoms with van der Waals surface area (Å²) in [4.78, 5) is 0. The lowest BCUT2D eigenvalue weighted by Crippen LogP contribution is -2.27. The Morgan fingerprint density at radius 3 is 1.96 bits per heavy atom. The lowest BCUT2D eigenvalue weighted by Gasteiger charge is -2.37. The molecule has 0 aliphatic heterocycles. The second-order valence-corrected chi connectivity index (χ2v) is 7.86. The zero-order chi connectivity index (χ0) is 16.9. The minimum absolute atomic E-state index is 0.439. The van der Waals surface area contributed by atoms with Crippen molar-refractivity contribution in [2.75, 3.05) is 6.61 Å². The second-order valence-electron chi connectivity index (χ2n) is 7.86. The van der Waals surface area contributed by atoms with Gasteiger partial charge in [0.2, 0.25) is 0 Å². The molecular weight excluding hydrogens is 306 g/mol. The van der Waals surface area contributed by atoms with Gasteiger partial charge < -0.3 is 4.74 Å². The van der Waals surface area contributed by atoms with Crippen LogP contribution in [0.3, 0.4) is 0 Å². The van der Waals surface area contributed by atoms with Gasteiger partial charge >= 0.3 is 0 Å². The van der Waals surface area contributed by atoms with Gasteiger partial charge in [0.25, 0.3) is 0 Å². The van der Waals surface area contributed by atoms with E-state index in [4.69, 9.17) is 4.74 Å². The fourth-order valence-electron chi connectivity index (χ4n) is 4.67. The first-order valence-corrected chi connectivity index (χ1v) is 9.73. The van der Waals surface area contributed by atoms with Crippen molar-refractivity contribution in [3.63, 3.8) is 0 Å². The highest BCUT2D eigenvalue weighted by Gasteiger charge is 2.30. The largest absolute Gasteiger partial charge is 0.493 e. The van der Waals surface area contributed by atoms with Crippen molar-refractivity contribution < 1.29 is 13.5 Å². The van der Waals surface area contributed by atoms with E-state index in [2.05, 4.69) is 6.92 Å². The first kappa shape index (κ1) is 17.7. The molecule has 2 aliphatic carbocycles. The van der Waals surface area contributed by atoms with Crippen LogP contribution in [-0.2, 0) is 0 Å². The summed E-state index contributed by atoms with van der Waals surface area (Å²) in [6.45, 7) is 2.95. The molecule has 0 saturated heterocycles. The molecule has 0 unspecified atom stereocenters. The number of hydrogen-bond donors (Lipinski definition) is 0. The van der Waals surface area contributed by atoms with Crippen LogP contribution in [0.4, 0.5) is 8.78 Å². The Kier molecular flexibility index (Phi) is 6.13. The number of rotatable bonds is 5. The molecule has 3 rings (SSSR count). The van der Waals surface area contributed by atoms with Crippen LogP contribution < -0.4 is 4.74 Å². The van der Waals surface area contributed by atoms with Gasteiger partial charge in [0, 0.05) is 6.07 Å². The van der Waals surface area contributed by atoms with Crippen molar-refractivity contribution in [1.29, 1.82) is 0 Å². The number of benzene rings is 1. The van der Waals surface area contributed by atoms with Crippen LogP contribution in [0.1, 0.15) is 64.7 Å². The van der Waals surface area contributed by atoms with E-state index in [0.29, 0.717) is 18.3 Å². The highest BCUT2D eigenvalue weighted by Crippen LogP contribution is 2.42. The third-order valence-electron chi connectivity index (χ3n) is 6.40. The Labute approximate surface area is 144 Å². The molecule has 2 fully saturated rings. The van der Waals surface area contributed by atoms with Gasteiger partial charge in [-0.3, -0.25) is 0 Å². The third kappa shape index (κ3) is 4.49. The van der Waals surface area contributed by atoms with Crippen molar-refractivity contribution in [2.24, 2.45) is 23.7 Å². The molecule has 0 spiro atoms. The summed E-state index contributed by atoms with van der Waals surface area (Å²) in [6.07, 6.45) is 12.1. The molecule has 1 aromatic carbocycles. The molecular formula is C21H30F2O. The number of halogens is 2. The fraction of sp³-hybridized carbons (Fsp3) is 0.714. The van der Waals surface area contributed by atoms with Crippen molar-refractivity contribution in [3.05, 3.63) is 29.8 Å². The molecule has 134 valence electrons.